The van der Waals surface area contributed by atoms with Crippen molar-refractivity contribution in [2.75, 3.05) is 0 Å². The molecule has 0 radical (unpaired) electrons. The summed E-state index contributed by atoms with van der Waals surface area (Å²) in [7, 11) is -3.61. The summed E-state index contributed by atoms with van der Waals surface area (Å²) < 4.78 is 29.7. The van der Waals surface area contributed by atoms with Crippen LogP contribution in [0.3, 0.4) is 0 Å². The number of sulfone groups is 1. The topological polar surface area (TPSA) is 39.1 Å². The van der Waals surface area contributed by atoms with E-state index in [9.17, 15) is 8.42 Å². The van der Waals surface area contributed by atoms with Gasteiger partial charge in [-0.2, -0.15) is 0 Å². The van der Waals surface area contributed by atoms with E-state index in [0.717, 1.165) is 39.1 Å². The monoisotopic (exact) mass is 649 g/mol. The lowest BCUT2D eigenvalue weighted by Crippen LogP contribution is -2.14. The number of fused-ring (bicyclic) bond motifs is 9. The minimum atomic E-state index is -3.61. The minimum absolute atomic E-state index is 0.0892. The van der Waals surface area contributed by atoms with Gasteiger partial charge in [-0.3, -0.25) is 0 Å². The van der Waals surface area contributed by atoms with E-state index in [0.29, 0.717) is 9.79 Å². The second kappa shape index (κ2) is 9.91. The highest BCUT2D eigenvalue weighted by Gasteiger charge is 2.36. The molecule has 8 aromatic rings. The van der Waals surface area contributed by atoms with E-state index in [1.165, 1.54) is 44.1 Å². The number of hydrogen-bond acceptors (Lipinski definition) is 2. The molecule has 3 nitrogen and oxygen atoms in total. The first kappa shape index (κ1) is 28.3. The molecule has 0 amide bonds. The molecule has 0 atom stereocenters. The van der Waals surface area contributed by atoms with Gasteiger partial charge >= 0.3 is 0 Å². The van der Waals surface area contributed by atoms with Crippen molar-refractivity contribution in [2.45, 2.75) is 29.1 Å². The van der Waals surface area contributed by atoms with Crippen molar-refractivity contribution >= 4 is 31.6 Å². The summed E-state index contributed by atoms with van der Waals surface area (Å²) in [6, 6.07) is 52.3. The summed E-state index contributed by atoms with van der Waals surface area (Å²) in [6.45, 7) is 4.65. The molecule has 0 unspecified atom stereocenters. The molecule has 10 rings (SSSR count). The van der Waals surface area contributed by atoms with Crippen LogP contribution in [-0.4, -0.2) is 13.0 Å². The molecule has 234 valence electrons. The van der Waals surface area contributed by atoms with Crippen molar-refractivity contribution in [3.8, 4) is 50.2 Å². The molecule has 0 bridgehead atoms. The normalized spacial score (nSPS) is 14.8. The van der Waals surface area contributed by atoms with E-state index in [1.54, 1.807) is 6.07 Å². The largest absolute Gasteiger partial charge is 0.309 e. The van der Waals surface area contributed by atoms with Crippen molar-refractivity contribution in [1.29, 1.82) is 0 Å². The average Bonchev–Trinajstić information content (AvgIpc) is 3.67. The van der Waals surface area contributed by atoms with E-state index in [2.05, 4.69) is 103 Å². The van der Waals surface area contributed by atoms with Crippen LogP contribution < -0.4 is 0 Å². The van der Waals surface area contributed by atoms with E-state index >= 15 is 0 Å². The van der Waals surface area contributed by atoms with Gasteiger partial charge in [0, 0.05) is 33.0 Å². The highest BCUT2D eigenvalue weighted by molar-refractivity contribution is 7.92. The van der Waals surface area contributed by atoms with Gasteiger partial charge in [-0.25, -0.2) is 8.42 Å². The number of para-hydroxylation sites is 1. The third kappa shape index (κ3) is 3.92. The van der Waals surface area contributed by atoms with E-state index in [-0.39, 0.29) is 5.41 Å². The zero-order valence-corrected chi connectivity index (χ0v) is 27.9. The van der Waals surface area contributed by atoms with Crippen LogP contribution in [0.5, 0.6) is 0 Å². The van der Waals surface area contributed by atoms with Crippen LogP contribution in [0.4, 0.5) is 0 Å². The zero-order chi connectivity index (χ0) is 33.1. The van der Waals surface area contributed by atoms with Crippen LogP contribution in [0.1, 0.15) is 25.0 Å². The molecule has 1 aliphatic carbocycles. The summed E-state index contributed by atoms with van der Waals surface area (Å²) in [5.74, 6) is 0. The number of rotatable bonds is 3. The Balaban J connectivity index is 1.08. The van der Waals surface area contributed by atoms with Crippen molar-refractivity contribution in [3.05, 3.63) is 163 Å². The van der Waals surface area contributed by atoms with Gasteiger partial charge in [0.25, 0.3) is 0 Å². The number of benzene rings is 7. The lowest BCUT2D eigenvalue weighted by atomic mass is 9.82. The first-order valence-corrected chi connectivity index (χ1v) is 18.2. The maximum Gasteiger partial charge on any atom is 0.207 e. The first-order chi connectivity index (χ1) is 23.8. The van der Waals surface area contributed by atoms with Gasteiger partial charge < -0.3 is 4.57 Å². The fourth-order valence-electron chi connectivity index (χ4n) is 8.29. The summed E-state index contributed by atoms with van der Waals surface area (Å²) in [5.41, 5.74) is 14.2. The summed E-state index contributed by atoms with van der Waals surface area (Å²) in [6.07, 6.45) is 0. The van der Waals surface area contributed by atoms with Crippen molar-refractivity contribution < 1.29 is 8.42 Å². The summed E-state index contributed by atoms with van der Waals surface area (Å²) in [5, 5.41) is 2.49. The molecule has 1 aliphatic heterocycles. The third-order valence-electron chi connectivity index (χ3n) is 10.8. The second-order valence-corrected chi connectivity index (χ2v) is 15.7. The second-order valence-electron chi connectivity index (χ2n) is 13.8. The average molecular weight is 650 g/mol. The van der Waals surface area contributed by atoms with Gasteiger partial charge in [-0.1, -0.05) is 117 Å². The Kier molecular flexibility index (Phi) is 5.73. The Hall–Kier alpha value is -5.71. The zero-order valence-electron chi connectivity index (χ0n) is 27.1. The molecular formula is C45H31NO2S. The van der Waals surface area contributed by atoms with Crippen molar-refractivity contribution in [1.82, 2.24) is 4.57 Å². The maximum atomic E-state index is 13.7. The van der Waals surface area contributed by atoms with Crippen molar-refractivity contribution in [2.24, 2.45) is 0 Å². The van der Waals surface area contributed by atoms with Crippen LogP contribution in [0.2, 0.25) is 0 Å². The molecule has 4 heteroatoms. The Labute approximate surface area is 285 Å². The van der Waals surface area contributed by atoms with Crippen LogP contribution in [0.15, 0.2) is 161 Å². The van der Waals surface area contributed by atoms with Gasteiger partial charge in [-0.15, -0.1) is 0 Å². The van der Waals surface area contributed by atoms with E-state index in [4.69, 9.17) is 0 Å². The fraction of sp³-hybridized carbons (Fsp3) is 0.0667. The molecule has 2 aliphatic rings. The predicted octanol–water partition coefficient (Wildman–Crippen LogP) is 11.2. The molecule has 0 saturated heterocycles. The van der Waals surface area contributed by atoms with Gasteiger partial charge in [-0.05, 0) is 93.0 Å². The molecule has 2 heterocycles. The molecule has 1 aromatic heterocycles. The van der Waals surface area contributed by atoms with Crippen LogP contribution in [0.25, 0.3) is 72.0 Å². The Morgan fingerprint density at radius 3 is 1.96 bits per heavy atom. The molecule has 49 heavy (non-hydrogen) atoms. The molecule has 0 fully saturated rings. The Bertz CT molecular complexity index is 2790. The quantitative estimate of drug-likeness (QED) is 0.191. The number of aromatic nitrogens is 1. The van der Waals surface area contributed by atoms with Gasteiger partial charge in [0.05, 0.1) is 20.8 Å². The van der Waals surface area contributed by atoms with Crippen LogP contribution >= 0.6 is 0 Å². The summed E-state index contributed by atoms with van der Waals surface area (Å²) in [4.78, 5) is 0.747. The molecule has 0 spiro atoms. The molecular weight excluding hydrogens is 619 g/mol. The number of hydrogen-bond donors (Lipinski definition) is 0. The molecule has 0 saturated carbocycles. The van der Waals surface area contributed by atoms with E-state index in [1.807, 2.05) is 60.7 Å². The smallest absolute Gasteiger partial charge is 0.207 e. The van der Waals surface area contributed by atoms with Gasteiger partial charge in [0.2, 0.25) is 9.84 Å². The van der Waals surface area contributed by atoms with E-state index < -0.39 is 9.84 Å². The Morgan fingerprint density at radius 1 is 0.449 bits per heavy atom. The Morgan fingerprint density at radius 2 is 1.12 bits per heavy atom. The fourth-order valence-corrected chi connectivity index (χ4v) is 9.99. The van der Waals surface area contributed by atoms with Crippen LogP contribution in [-0.2, 0) is 15.3 Å². The number of nitrogens with zero attached hydrogens (tertiary/aromatic N) is 1. The highest BCUT2D eigenvalue weighted by Crippen LogP contribution is 2.51. The van der Waals surface area contributed by atoms with Gasteiger partial charge in [0.15, 0.2) is 0 Å². The molecule has 0 N–H and O–H groups in total. The highest BCUT2D eigenvalue weighted by atomic mass is 32.2. The minimum Gasteiger partial charge on any atom is -0.309 e. The maximum absolute atomic E-state index is 13.7. The first-order valence-electron chi connectivity index (χ1n) is 16.7. The van der Waals surface area contributed by atoms with Gasteiger partial charge in [0.1, 0.15) is 0 Å². The molecule has 7 aromatic carbocycles. The standard InChI is InChI=1S/C45H31NO2S/c1-45(2)39-14-8-6-12-33(39)36-26-37-34-13-7-9-15-41(34)46(42(37)27-40(36)45)32-20-16-29(17-21-32)30-19-23-43-38(24-30)35-22-18-31(25-44(35)49(43,47)48)28-10-4-3-5-11-28/h3-27H,1-2H3. The predicted molar refractivity (Wildman–Crippen MR) is 200 cm³/mol. The summed E-state index contributed by atoms with van der Waals surface area (Å²) >= 11 is 0. The van der Waals surface area contributed by atoms with Crippen LogP contribution in [0, 0.1) is 0 Å². The third-order valence-corrected chi connectivity index (χ3v) is 12.6. The lowest BCUT2D eigenvalue weighted by molar-refractivity contribution is 0.598. The SMILES string of the molecule is CC1(C)c2ccccc2-c2cc3c4ccccc4n(-c4ccc(-c5ccc6c(c5)-c5ccc(-c7ccccc7)cc5S6(=O)=O)cc4)c3cc21. The lowest BCUT2D eigenvalue weighted by Gasteiger charge is -2.21. The van der Waals surface area contributed by atoms with Crippen molar-refractivity contribution in [3.63, 3.8) is 0 Å².